The third kappa shape index (κ3) is 2.43. The van der Waals surface area contributed by atoms with E-state index in [-0.39, 0.29) is 5.91 Å². The normalized spacial score (nSPS) is 17.4. The molecule has 0 unspecified atom stereocenters. The van der Waals surface area contributed by atoms with E-state index in [4.69, 9.17) is 0 Å². The van der Waals surface area contributed by atoms with Crippen molar-refractivity contribution in [3.8, 4) is 0 Å². The lowest BCUT2D eigenvalue weighted by molar-refractivity contribution is 0.0715. The maximum atomic E-state index is 13.0. The number of benzene rings is 2. The van der Waals surface area contributed by atoms with Gasteiger partial charge in [0, 0.05) is 36.2 Å². The highest BCUT2D eigenvalue weighted by Crippen LogP contribution is 2.34. The highest BCUT2D eigenvalue weighted by Gasteiger charge is 2.31. The predicted octanol–water partition coefficient (Wildman–Crippen LogP) is 3.66. The molecule has 3 aromatic rings. The lowest BCUT2D eigenvalue weighted by Gasteiger charge is -2.37. The molecule has 1 saturated heterocycles. The maximum Gasteiger partial charge on any atom is 0.256 e. The molecular formula is C21H22N4O. The van der Waals surface area contributed by atoms with Crippen LogP contribution in [-0.2, 0) is 0 Å². The van der Waals surface area contributed by atoms with Gasteiger partial charge in [0.15, 0.2) is 0 Å². The van der Waals surface area contributed by atoms with Crippen LogP contribution in [0, 0.1) is 0 Å². The van der Waals surface area contributed by atoms with Crippen LogP contribution in [0.4, 0.5) is 11.4 Å². The van der Waals surface area contributed by atoms with Crippen LogP contribution in [0.15, 0.2) is 54.7 Å². The smallest absolute Gasteiger partial charge is 0.256 e. The third-order valence-corrected chi connectivity index (χ3v) is 5.67. The molecule has 2 aromatic carbocycles. The number of likely N-dealkylation sites (tertiary alicyclic amines) is 1. The number of nitrogens with one attached hydrogen (secondary N) is 2. The Morgan fingerprint density at radius 1 is 1.00 bits per heavy atom. The van der Waals surface area contributed by atoms with Crippen molar-refractivity contribution in [2.45, 2.75) is 18.9 Å². The van der Waals surface area contributed by atoms with Crippen molar-refractivity contribution in [2.24, 2.45) is 0 Å². The zero-order valence-corrected chi connectivity index (χ0v) is 14.6. The summed E-state index contributed by atoms with van der Waals surface area (Å²) in [6.07, 6.45) is 3.86. The van der Waals surface area contributed by atoms with Crippen LogP contribution in [-0.4, -0.2) is 41.6 Å². The number of anilines is 2. The van der Waals surface area contributed by atoms with Crippen molar-refractivity contribution >= 4 is 28.2 Å². The van der Waals surface area contributed by atoms with Gasteiger partial charge in [0.05, 0.1) is 23.6 Å². The first-order valence-electron chi connectivity index (χ1n) is 9.26. The van der Waals surface area contributed by atoms with Crippen molar-refractivity contribution in [3.05, 3.63) is 60.3 Å². The summed E-state index contributed by atoms with van der Waals surface area (Å²) < 4.78 is 0. The summed E-state index contributed by atoms with van der Waals surface area (Å²) in [6.45, 7) is 2.48. The van der Waals surface area contributed by atoms with Gasteiger partial charge in [-0.3, -0.25) is 4.79 Å². The van der Waals surface area contributed by atoms with Gasteiger partial charge in [0.1, 0.15) is 0 Å². The van der Waals surface area contributed by atoms with E-state index in [2.05, 4.69) is 39.5 Å². The molecule has 0 radical (unpaired) electrons. The zero-order chi connectivity index (χ0) is 17.5. The maximum absolute atomic E-state index is 13.0. The fraction of sp³-hybridized carbons (Fsp3) is 0.286. The SMILES string of the molecule is O=C(c1c[nH]c2ccccc12)N1CCC(N2CNc3ccccc32)CC1. The molecule has 1 fully saturated rings. The number of rotatable bonds is 2. The van der Waals surface area contributed by atoms with Gasteiger partial charge in [-0.1, -0.05) is 30.3 Å². The number of hydrogen-bond donors (Lipinski definition) is 2. The number of fused-ring (bicyclic) bond motifs is 2. The van der Waals surface area contributed by atoms with Gasteiger partial charge < -0.3 is 20.1 Å². The lowest BCUT2D eigenvalue weighted by Crippen LogP contribution is -2.46. The summed E-state index contributed by atoms with van der Waals surface area (Å²) in [5.74, 6) is 0.140. The number of amides is 1. The number of carbonyl (C=O) groups is 1. The number of carbonyl (C=O) groups excluding carboxylic acids is 1. The molecule has 2 aliphatic heterocycles. The van der Waals surface area contributed by atoms with Crippen LogP contribution in [0.25, 0.3) is 10.9 Å². The Kier molecular flexibility index (Phi) is 3.59. The number of hydrogen-bond acceptors (Lipinski definition) is 3. The van der Waals surface area contributed by atoms with E-state index < -0.39 is 0 Å². The molecule has 0 aliphatic carbocycles. The molecule has 26 heavy (non-hydrogen) atoms. The second-order valence-corrected chi connectivity index (χ2v) is 7.09. The summed E-state index contributed by atoms with van der Waals surface area (Å²) >= 11 is 0. The zero-order valence-electron chi connectivity index (χ0n) is 14.6. The second kappa shape index (κ2) is 6.09. The molecule has 1 aromatic heterocycles. The molecule has 2 aliphatic rings. The van der Waals surface area contributed by atoms with Gasteiger partial charge in [-0.15, -0.1) is 0 Å². The molecule has 0 bridgehead atoms. The van der Waals surface area contributed by atoms with Crippen LogP contribution in [0.1, 0.15) is 23.2 Å². The topological polar surface area (TPSA) is 51.4 Å². The van der Waals surface area contributed by atoms with Crippen molar-refractivity contribution in [1.29, 1.82) is 0 Å². The van der Waals surface area contributed by atoms with E-state index in [1.165, 1.54) is 11.4 Å². The molecule has 2 N–H and O–H groups in total. The largest absolute Gasteiger partial charge is 0.366 e. The van der Waals surface area contributed by atoms with E-state index in [0.717, 1.165) is 49.1 Å². The summed E-state index contributed by atoms with van der Waals surface area (Å²) in [7, 11) is 0. The number of aromatic nitrogens is 1. The van der Waals surface area contributed by atoms with E-state index in [0.29, 0.717) is 6.04 Å². The minimum atomic E-state index is 0.140. The number of aromatic amines is 1. The Bertz CT molecular complexity index is 955. The predicted molar refractivity (Wildman–Crippen MR) is 105 cm³/mol. The Morgan fingerprint density at radius 2 is 1.77 bits per heavy atom. The summed E-state index contributed by atoms with van der Waals surface area (Å²) in [6, 6.07) is 16.9. The van der Waals surface area contributed by atoms with Gasteiger partial charge in [-0.25, -0.2) is 0 Å². The Hall–Kier alpha value is -2.95. The molecule has 3 heterocycles. The van der Waals surface area contributed by atoms with Crippen molar-refractivity contribution in [1.82, 2.24) is 9.88 Å². The van der Waals surface area contributed by atoms with Crippen LogP contribution < -0.4 is 10.2 Å². The minimum absolute atomic E-state index is 0.140. The highest BCUT2D eigenvalue weighted by molar-refractivity contribution is 6.06. The number of para-hydroxylation sites is 3. The molecular weight excluding hydrogens is 324 g/mol. The third-order valence-electron chi connectivity index (χ3n) is 5.67. The lowest BCUT2D eigenvalue weighted by atomic mass is 10.0. The standard InChI is InChI=1S/C21H22N4O/c26-21(17-13-22-18-6-2-1-5-16(17)18)24-11-9-15(10-12-24)25-14-23-19-7-3-4-8-20(19)25/h1-8,13,15,22-23H,9-12,14H2. The molecule has 1 amide bonds. The van der Waals surface area contributed by atoms with Gasteiger partial charge >= 0.3 is 0 Å². The molecule has 5 rings (SSSR count). The van der Waals surface area contributed by atoms with E-state index >= 15 is 0 Å². The van der Waals surface area contributed by atoms with Crippen molar-refractivity contribution in [3.63, 3.8) is 0 Å². The fourth-order valence-corrected chi connectivity index (χ4v) is 4.25. The Balaban J connectivity index is 1.30. The quantitative estimate of drug-likeness (QED) is 0.744. The van der Waals surface area contributed by atoms with Gasteiger partial charge in [-0.05, 0) is 31.0 Å². The molecule has 0 saturated carbocycles. The molecule has 0 spiro atoms. The summed E-state index contributed by atoms with van der Waals surface area (Å²) in [5, 5.41) is 4.48. The first-order chi connectivity index (χ1) is 12.8. The summed E-state index contributed by atoms with van der Waals surface area (Å²) in [4.78, 5) is 20.6. The summed E-state index contributed by atoms with van der Waals surface area (Å²) in [5.41, 5.74) is 4.30. The second-order valence-electron chi connectivity index (χ2n) is 7.09. The van der Waals surface area contributed by atoms with Crippen LogP contribution in [0.3, 0.4) is 0 Å². The van der Waals surface area contributed by atoms with Gasteiger partial charge in [0.2, 0.25) is 0 Å². The van der Waals surface area contributed by atoms with E-state index in [9.17, 15) is 4.79 Å². The van der Waals surface area contributed by atoms with E-state index in [1.807, 2.05) is 35.4 Å². The van der Waals surface area contributed by atoms with Crippen LogP contribution in [0.5, 0.6) is 0 Å². The first kappa shape index (κ1) is 15.3. The minimum Gasteiger partial charge on any atom is -0.366 e. The average molecular weight is 346 g/mol. The van der Waals surface area contributed by atoms with Gasteiger partial charge in [-0.2, -0.15) is 0 Å². The highest BCUT2D eigenvalue weighted by atomic mass is 16.2. The number of nitrogens with zero attached hydrogens (tertiary/aromatic N) is 2. The fourth-order valence-electron chi connectivity index (χ4n) is 4.25. The van der Waals surface area contributed by atoms with Crippen LogP contribution in [0.2, 0.25) is 0 Å². The van der Waals surface area contributed by atoms with Gasteiger partial charge in [0.25, 0.3) is 5.91 Å². The number of piperidine rings is 1. The van der Waals surface area contributed by atoms with E-state index in [1.54, 1.807) is 0 Å². The molecule has 132 valence electrons. The van der Waals surface area contributed by atoms with Crippen molar-refractivity contribution in [2.75, 3.05) is 30.0 Å². The van der Waals surface area contributed by atoms with Crippen molar-refractivity contribution < 1.29 is 4.79 Å². The van der Waals surface area contributed by atoms with Crippen LogP contribution >= 0.6 is 0 Å². The average Bonchev–Trinajstić information content (AvgIpc) is 3.32. The Morgan fingerprint density at radius 3 is 2.65 bits per heavy atom. The number of H-pyrrole nitrogens is 1. The molecule has 5 heteroatoms. The molecule has 0 atom stereocenters. The Labute approximate surface area is 152 Å². The monoisotopic (exact) mass is 346 g/mol. The first-order valence-corrected chi connectivity index (χ1v) is 9.26. The molecule has 5 nitrogen and oxygen atoms in total.